The van der Waals surface area contributed by atoms with Gasteiger partial charge in [0.25, 0.3) is 0 Å². The maximum absolute atomic E-state index is 12.9. The molecule has 3 aromatic rings. The Morgan fingerprint density at radius 1 is 0.820 bits per heavy atom. The summed E-state index contributed by atoms with van der Waals surface area (Å²) in [7, 11) is 0. The van der Waals surface area contributed by atoms with Crippen molar-refractivity contribution < 1.29 is 42.3 Å². The molecular formula is C36H46F3N5O6. The summed E-state index contributed by atoms with van der Waals surface area (Å²) in [6.07, 6.45) is -7.56. The number of halogens is 3. The van der Waals surface area contributed by atoms with Gasteiger partial charge in [-0.3, -0.25) is 24.0 Å². The molecule has 0 aliphatic heterocycles. The number of alkyl halides is 3. The highest BCUT2D eigenvalue weighted by Gasteiger charge is 2.44. The molecule has 0 aliphatic carbocycles. The summed E-state index contributed by atoms with van der Waals surface area (Å²) >= 11 is 0. The van der Waals surface area contributed by atoms with Gasteiger partial charge in [-0.25, -0.2) is 0 Å². The standard InChI is InChI=1S/C20H26F3N5O6.C13H12.C3H8/c21-20(22,23)18(33)13(6-7-15(24)30)27-17(32)10-26-19(34)14(28-16(31)9-25-11-29)8-12-4-2-1-3-5-12;1-11-7-9-13(10-8-11)12-5-3-2-4-6-12;1-3-2/h1-5,11,13-14,18,33H,6-10H2,(H2,24,30)(H,25,29)(H,26,34)(H,27,32)(H,28,31);2-10H,1H3;3H2,1-2H3. The van der Waals surface area contributed by atoms with Gasteiger partial charge in [0.2, 0.25) is 30.0 Å². The number of aliphatic hydroxyl groups excluding tert-OH is 1. The van der Waals surface area contributed by atoms with Crippen molar-refractivity contribution in [2.24, 2.45) is 5.73 Å². The molecule has 3 unspecified atom stereocenters. The van der Waals surface area contributed by atoms with Crippen LogP contribution < -0.4 is 27.0 Å². The van der Waals surface area contributed by atoms with Crippen molar-refractivity contribution in [3.8, 4) is 11.1 Å². The molecule has 50 heavy (non-hydrogen) atoms. The number of aryl methyl sites for hydroxylation is 1. The number of benzene rings is 3. The number of nitrogens with two attached hydrogens (primary N) is 1. The smallest absolute Gasteiger partial charge is 0.382 e. The zero-order chi connectivity index (χ0) is 37.5. The van der Waals surface area contributed by atoms with E-state index in [1.54, 1.807) is 30.3 Å². The first-order valence-corrected chi connectivity index (χ1v) is 15.9. The van der Waals surface area contributed by atoms with Crippen LogP contribution in [0.2, 0.25) is 0 Å². The van der Waals surface area contributed by atoms with E-state index < -0.39 is 73.9 Å². The Labute approximate surface area is 290 Å². The zero-order valence-corrected chi connectivity index (χ0v) is 28.3. The lowest BCUT2D eigenvalue weighted by Gasteiger charge is -2.26. The van der Waals surface area contributed by atoms with Crippen LogP contribution in [0, 0.1) is 6.92 Å². The summed E-state index contributed by atoms with van der Waals surface area (Å²) in [6.45, 7) is 5.18. The Hall–Kier alpha value is -5.24. The fourth-order valence-corrected chi connectivity index (χ4v) is 4.20. The highest BCUT2D eigenvalue weighted by atomic mass is 19.4. The second-order valence-corrected chi connectivity index (χ2v) is 11.1. The monoisotopic (exact) mass is 701 g/mol. The lowest BCUT2D eigenvalue weighted by Crippen LogP contribution is -2.54. The van der Waals surface area contributed by atoms with Crippen molar-refractivity contribution in [1.29, 1.82) is 0 Å². The summed E-state index contributed by atoms with van der Waals surface area (Å²) in [4.78, 5) is 57.9. The van der Waals surface area contributed by atoms with E-state index in [1.807, 2.05) is 11.4 Å². The molecule has 0 heterocycles. The largest absolute Gasteiger partial charge is 0.416 e. The summed E-state index contributed by atoms with van der Waals surface area (Å²) in [5, 5.41) is 18.1. The third kappa shape index (κ3) is 17.8. The lowest BCUT2D eigenvalue weighted by molar-refractivity contribution is -0.212. The van der Waals surface area contributed by atoms with Crippen LogP contribution in [0.15, 0.2) is 84.9 Å². The van der Waals surface area contributed by atoms with Crippen LogP contribution in [0.25, 0.3) is 11.1 Å². The molecule has 7 N–H and O–H groups in total. The van der Waals surface area contributed by atoms with Gasteiger partial charge in [0, 0.05) is 12.8 Å². The molecule has 0 radical (unpaired) electrons. The van der Waals surface area contributed by atoms with Crippen LogP contribution in [0.4, 0.5) is 13.2 Å². The Morgan fingerprint density at radius 2 is 1.34 bits per heavy atom. The van der Waals surface area contributed by atoms with Crippen LogP contribution in [0.1, 0.15) is 44.2 Å². The third-order valence-electron chi connectivity index (χ3n) is 6.63. The lowest BCUT2D eigenvalue weighted by atomic mass is 10.0. The summed E-state index contributed by atoms with van der Waals surface area (Å²) in [5.41, 5.74) is 9.45. The number of aliphatic hydroxyl groups is 1. The molecule has 0 saturated heterocycles. The van der Waals surface area contributed by atoms with Crippen molar-refractivity contribution in [2.75, 3.05) is 13.1 Å². The van der Waals surface area contributed by atoms with Crippen molar-refractivity contribution in [1.82, 2.24) is 21.3 Å². The normalized spacial score (nSPS) is 12.2. The van der Waals surface area contributed by atoms with Gasteiger partial charge < -0.3 is 32.1 Å². The third-order valence-corrected chi connectivity index (χ3v) is 6.63. The molecule has 11 nitrogen and oxygen atoms in total. The first-order valence-electron chi connectivity index (χ1n) is 15.9. The Bertz CT molecular complexity index is 1460. The van der Waals surface area contributed by atoms with Gasteiger partial charge in [0.05, 0.1) is 19.1 Å². The molecule has 14 heteroatoms. The number of hydrogen-bond acceptors (Lipinski definition) is 6. The highest BCUT2D eigenvalue weighted by molar-refractivity contribution is 5.91. The molecule has 0 aromatic heterocycles. The van der Waals surface area contributed by atoms with Gasteiger partial charge in [-0.05, 0) is 30.0 Å². The fourth-order valence-electron chi connectivity index (χ4n) is 4.20. The average molecular weight is 702 g/mol. The second-order valence-electron chi connectivity index (χ2n) is 11.1. The molecule has 3 rings (SSSR count). The SMILES string of the molecule is CCC.Cc1ccc(-c2ccccc2)cc1.NC(=O)CCC(NC(=O)CNC(=O)C(Cc1ccccc1)NC(=O)CNC=O)C(O)C(F)(F)F. The predicted octanol–water partition coefficient (Wildman–Crippen LogP) is 3.33. The molecular weight excluding hydrogens is 655 g/mol. The summed E-state index contributed by atoms with van der Waals surface area (Å²) in [5.74, 6) is -3.50. The number of primary amides is 1. The van der Waals surface area contributed by atoms with Gasteiger partial charge in [-0.2, -0.15) is 13.2 Å². The second kappa shape index (κ2) is 23.2. The number of nitrogens with one attached hydrogen (secondary N) is 4. The molecule has 272 valence electrons. The highest BCUT2D eigenvalue weighted by Crippen LogP contribution is 2.24. The Balaban J connectivity index is 0.000000636. The van der Waals surface area contributed by atoms with Gasteiger partial charge in [0.1, 0.15) is 6.04 Å². The topological polar surface area (TPSA) is 180 Å². The summed E-state index contributed by atoms with van der Waals surface area (Å²) in [6, 6.07) is 24.5. The van der Waals surface area contributed by atoms with Crippen LogP contribution in [0.5, 0.6) is 0 Å². The molecule has 0 aliphatic rings. The van der Waals surface area contributed by atoms with E-state index in [-0.39, 0.29) is 6.42 Å². The van der Waals surface area contributed by atoms with E-state index >= 15 is 0 Å². The first-order chi connectivity index (χ1) is 23.7. The minimum atomic E-state index is -5.07. The number of amides is 5. The van der Waals surface area contributed by atoms with E-state index in [9.17, 15) is 42.3 Å². The van der Waals surface area contributed by atoms with E-state index in [1.165, 1.54) is 23.1 Å². The zero-order valence-electron chi connectivity index (χ0n) is 28.3. The number of hydrogen-bond donors (Lipinski definition) is 6. The molecule has 0 fully saturated rings. The van der Waals surface area contributed by atoms with E-state index in [0.29, 0.717) is 12.0 Å². The minimum Gasteiger partial charge on any atom is -0.382 e. The molecule has 5 amide bonds. The average Bonchev–Trinajstić information content (AvgIpc) is 3.09. The van der Waals surface area contributed by atoms with Crippen molar-refractivity contribution in [3.63, 3.8) is 0 Å². The number of carbonyl (C=O) groups excluding carboxylic acids is 5. The van der Waals surface area contributed by atoms with Crippen molar-refractivity contribution >= 4 is 30.0 Å². The molecule has 3 atom stereocenters. The molecule has 3 aromatic carbocycles. The van der Waals surface area contributed by atoms with Crippen LogP contribution in [-0.2, 0) is 30.4 Å². The van der Waals surface area contributed by atoms with E-state index in [0.717, 1.165) is 0 Å². The maximum Gasteiger partial charge on any atom is 0.416 e. The van der Waals surface area contributed by atoms with Gasteiger partial charge in [0.15, 0.2) is 6.10 Å². The van der Waals surface area contributed by atoms with Crippen molar-refractivity contribution in [3.05, 3.63) is 96.1 Å². The maximum atomic E-state index is 12.9. The van der Waals surface area contributed by atoms with Crippen LogP contribution >= 0.6 is 0 Å². The van der Waals surface area contributed by atoms with Gasteiger partial charge >= 0.3 is 6.18 Å². The first kappa shape index (κ1) is 42.8. The quantitative estimate of drug-likeness (QED) is 0.132. The van der Waals surface area contributed by atoms with Crippen LogP contribution in [-0.4, -0.2) is 72.6 Å². The van der Waals surface area contributed by atoms with Crippen LogP contribution in [0.3, 0.4) is 0 Å². The Kier molecular flexibility index (Phi) is 19.8. The minimum absolute atomic E-state index is 0.0230. The van der Waals surface area contributed by atoms with Gasteiger partial charge in [-0.15, -0.1) is 0 Å². The molecule has 0 spiro atoms. The predicted molar refractivity (Wildman–Crippen MR) is 184 cm³/mol. The summed E-state index contributed by atoms with van der Waals surface area (Å²) < 4.78 is 38.6. The molecule has 0 saturated carbocycles. The number of carbonyl (C=O) groups is 5. The Morgan fingerprint density at radius 3 is 1.86 bits per heavy atom. The fraction of sp³-hybridized carbons (Fsp3) is 0.361. The van der Waals surface area contributed by atoms with Gasteiger partial charge in [-0.1, -0.05) is 111 Å². The number of rotatable bonds is 15. The molecule has 0 bridgehead atoms. The van der Waals surface area contributed by atoms with Crippen molar-refractivity contribution in [2.45, 2.75) is 70.8 Å². The van der Waals surface area contributed by atoms with E-state index in [2.05, 4.69) is 85.3 Å². The van der Waals surface area contributed by atoms with E-state index in [4.69, 9.17) is 5.73 Å².